The van der Waals surface area contributed by atoms with Crippen LogP contribution in [-0.4, -0.2) is 32.0 Å². The first-order valence-corrected chi connectivity index (χ1v) is 8.87. The Balaban J connectivity index is 1.77. The molecule has 0 aromatic rings. The first-order chi connectivity index (χ1) is 8.09. The molecular formula is C13H25NO2S. The van der Waals surface area contributed by atoms with E-state index in [0.29, 0.717) is 23.6 Å². The van der Waals surface area contributed by atoms with Crippen LogP contribution in [0.25, 0.3) is 0 Å². The van der Waals surface area contributed by atoms with Crippen LogP contribution in [0.5, 0.6) is 0 Å². The van der Waals surface area contributed by atoms with E-state index in [4.69, 9.17) is 0 Å². The number of nitrogens with one attached hydrogen (secondary N) is 1. The van der Waals surface area contributed by atoms with Crippen LogP contribution in [0.4, 0.5) is 0 Å². The van der Waals surface area contributed by atoms with Crippen molar-refractivity contribution in [2.75, 3.05) is 11.5 Å². The summed E-state index contributed by atoms with van der Waals surface area (Å²) in [5.41, 5.74) is 0. The van der Waals surface area contributed by atoms with Crippen molar-refractivity contribution in [3.63, 3.8) is 0 Å². The zero-order chi connectivity index (χ0) is 12.3. The predicted molar refractivity (Wildman–Crippen MR) is 70.8 cm³/mol. The fraction of sp³-hybridized carbons (Fsp3) is 1.00. The van der Waals surface area contributed by atoms with Crippen LogP contribution >= 0.6 is 0 Å². The highest BCUT2D eigenvalue weighted by Crippen LogP contribution is 2.27. The number of rotatable bonds is 3. The maximum absolute atomic E-state index is 11.4. The van der Waals surface area contributed by atoms with E-state index >= 15 is 0 Å². The molecular weight excluding hydrogens is 234 g/mol. The van der Waals surface area contributed by atoms with E-state index in [-0.39, 0.29) is 0 Å². The second-order valence-corrected chi connectivity index (χ2v) is 8.03. The fourth-order valence-corrected chi connectivity index (χ4v) is 4.69. The zero-order valence-corrected chi connectivity index (χ0v) is 11.6. The Morgan fingerprint density at radius 1 is 1.06 bits per heavy atom. The Kier molecular flexibility index (Phi) is 4.47. The molecule has 2 rings (SSSR count). The van der Waals surface area contributed by atoms with Crippen molar-refractivity contribution < 1.29 is 8.42 Å². The Morgan fingerprint density at radius 2 is 1.76 bits per heavy atom. The van der Waals surface area contributed by atoms with Gasteiger partial charge in [0.05, 0.1) is 11.5 Å². The summed E-state index contributed by atoms with van der Waals surface area (Å²) in [6.07, 6.45) is 8.21. The summed E-state index contributed by atoms with van der Waals surface area (Å²) in [4.78, 5) is 0. The van der Waals surface area contributed by atoms with E-state index in [2.05, 4.69) is 12.2 Å². The van der Waals surface area contributed by atoms with E-state index in [0.717, 1.165) is 18.8 Å². The van der Waals surface area contributed by atoms with Crippen molar-refractivity contribution in [1.82, 2.24) is 5.32 Å². The van der Waals surface area contributed by atoms with Crippen LogP contribution in [0.3, 0.4) is 0 Å². The van der Waals surface area contributed by atoms with E-state index in [9.17, 15) is 8.42 Å². The Labute approximate surface area is 105 Å². The van der Waals surface area contributed by atoms with Gasteiger partial charge in [0.2, 0.25) is 0 Å². The van der Waals surface area contributed by atoms with Crippen LogP contribution in [0.15, 0.2) is 0 Å². The van der Waals surface area contributed by atoms with Crippen molar-refractivity contribution in [1.29, 1.82) is 0 Å². The lowest BCUT2D eigenvalue weighted by atomic mass is 9.84. The Hall–Kier alpha value is -0.0900. The molecule has 2 aliphatic rings. The second-order valence-electron chi connectivity index (χ2n) is 5.73. The molecule has 0 bridgehead atoms. The molecule has 2 atom stereocenters. The largest absolute Gasteiger partial charge is 0.311 e. The summed E-state index contributed by atoms with van der Waals surface area (Å²) in [5.74, 6) is 1.65. The molecule has 1 heterocycles. The molecule has 2 fully saturated rings. The minimum atomic E-state index is -2.71. The number of hydrogen-bond acceptors (Lipinski definition) is 3. The van der Waals surface area contributed by atoms with Crippen LogP contribution < -0.4 is 5.32 Å². The van der Waals surface area contributed by atoms with Gasteiger partial charge in [-0.2, -0.15) is 0 Å². The molecule has 17 heavy (non-hydrogen) atoms. The van der Waals surface area contributed by atoms with Gasteiger partial charge in [-0.3, -0.25) is 0 Å². The standard InChI is InChI=1S/C13H25NO2S/c1-2-11-4-3-5-13(10-11)14-12-6-8-17(15,16)9-7-12/h11-14H,2-10H2,1H3. The molecule has 0 aromatic heterocycles. The lowest BCUT2D eigenvalue weighted by molar-refractivity contribution is 0.256. The molecule has 0 aromatic carbocycles. The average Bonchev–Trinajstić information content (AvgIpc) is 2.32. The lowest BCUT2D eigenvalue weighted by Crippen LogP contribution is -2.44. The van der Waals surface area contributed by atoms with Crippen LogP contribution in [0.1, 0.15) is 51.9 Å². The molecule has 100 valence electrons. The molecule has 2 unspecified atom stereocenters. The van der Waals surface area contributed by atoms with E-state index in [1.165, 1.54) is 32.1 Å². The second kappa shape index (κ2) is 5.70. The lowest BCUT2D eigenvalue weighted by Gasteiger charge is -2.33. The molecule has 1 saturated heterocycles. The summed E-state index contributed by atoms with van der Waals surface area (Å²) in [6, 6.07) is 1.08. The van der Waals surface area contributed by atoms with Gasteiger partial charge in [0.1, 0.15) is 9.84 Å². The SMILES string of the molecule is CCC1CCCC(NC2CCS(=O)(=O)CC2)C1. The van der Waals surface area contributed by atoms with Gasteiger partial charge in [0.25, 0.3) is 0 Å². The molecule has 0 spiro atoms. The molecule has 1 aliphatic heterocycles. The molecule has 4 heteroatoms. The maximum atomic E-state index is 11.4. The van der Waals surface area contributed by atoms with Crippen molar-refractivity contribution in [2.24, 2.45) is 5.92 Å². The topological polar surface area (TPSA) is 46.2 Å². The van der Waals surface area contributed by atoms with Gasteiger partial charge < -0.3 is 5.32 Å². The normalized spacial score (nSPS) is 34.6. The highest BCUT2D eigenvalue weighted by Gasteiger charge is 2.27. The van der Waals surface area contributed by atoms with Gasteiger partial charge in [-0.05, 0) is 31.6 Å². The third-order valence-corrected chi connectivity index (χ3v) is 6.10. The third kappa shape index (κ3) is 3.95. The van der Waals surface area contributed by atoms with Crippen LogP contribution in [0.2, 0.25) is 0 Å². The van der Waals surface area contributed by atoms with Crippen molar-refractivity contribution in [3.05, 3.63) is 0 Å². The zero-order valence-electron chi connectivity index (χ0n) is 10.8. The van der Waals surface area contributed by atoms with Gasteiger partial charge in [-0.1, -0.05) is 26.2 Å². The van der Waals surface area contributed by atoms with E-state index in [1.54, 1.807) is 0 Å². The average molecular weight is 259 g/mol. The molecule has 0 amide bonds. The van der Waals surface area contributed by atoms with Crippen LogP contribution in [-0.2, 0) is 9.84 Å². The third-order valence-electron chi connectivity index (χ3n) is 4.39. The minimum Gasteiger partial charge on any atom is -0.311 e. The smallest absolute Gasteiger partial charge is 0.150 e. The monoisotopic (exact) mass is 259 g/mol. The Morgan fingerprint density at radius 3 is 2.41 bits per heavy atom. The van der Waals surface area contributed by atoms with Crippen LogP contribution in [0, 0.1) is 5.92 Å². The summed E-state index contributed by atoms with van der Waals surface area (Å²) >= 11 is 0. The highest BCUT2D eigenvalue weighted by molar-refractivity contribution is 7.91. The summed E-state index contributed by atoms with van der Waals surface area (Å²) in [6.45, 7) is 2.28. The number of sulfone groups is 1. The first kappa shape index (κ1) is 13.3. The predicted octanol–water partition coefficient (Wildman–Crippen LogP) is 2.12. The Bertz CT molecular complexity index is 325. The van der Waals surface area contributed by atoms with Gasteiger partial charge in [-0.15, -0.1) is 0 Å². The molecule has 1 aliphatic carbocycles. The summed E-state index contributed by atoms with van der Waals surface area (Å²) in [7, 11) is -2.71. The van der Waals surface area contributed by atoms with Crippen molar-refractivity contribution >= 4 is 9.84 Å². The fourth-order valence-electron chi connectivity index (χ4n) is 3.20. The highest BCUT2D eigenvalue weighted by atomic mass is 32.2. The number of hydrogen-bond donors (Lipinski definition) is 1. The molecule has 1 saturated carbocycles. The minimum absolute atomic E-state index is 0.384. The maximum Gasteiger partial charge on any atom is 0.150 e. The van der Waals surface area contributed by atoms with E-state index < -0.39 is 9.84 Å². The van der Waals surface area contributed by atoms with Gasteiger partial charge >= 0.3 is 0 Å². The summed E-state index contributed by atoms with van der Waals surface area (Å²) in [5, 5.41) is 3.70. The molecule has 0 radical (unpaired) electrons. The van der Waals surface area contributed by atoms with Gasteiger partial charge in [0.15, 0.2) is 0 Å². The van der Waals surface area contributed by atoms with Gasteiger partial charge in [0, 0.05) is 12.1 Å². The quantitative estimate of drug-likeness (QED) is 0.844. The summed E-state index contributed by atoms with van der Waals surface area (Å²) < 4.78 is 22.7. The van der Waals surface area contributed by atoms with Crippen molar-refractivity contribution in [2.45, 2.75) is 64.0 Å². The van der Waals surface area contributed by atoms with Gasteiger partial charge in [-0.25, -0.2) is 8.42 Å². The molecule has 1 N–H and O–H groups in total. The van der Waals surface area contributed by atoms with E-state index in [1.807, 2.05) is 0 Å². The molecule has 3 nitrogen and oxygen atoms in total. The first-order valence-electron chi connectivity index (χ1n) is 7.05. The van der Waals surface area contributed by atoms with Crippen molar-refractivity contribution in [3.8, 4) is 0 Å².